The number of pyridine rings is 1. The average Bonchev–Trinajstić information content (AvgIpc) is 2.60. The first kappa shape index (κ1) is 20.6. The van der Waals surface area contributed by atoms with Crippen molar-refractivity contribution in [2.24, 2.45) is 0 Å². The van der Waals surface area contributed by atoms with Gasteiger partial charge in [0.1, 0.15) is 5.75 Å². The largest absolute Gasteiger partial charge is 0.495 e. The van der Waals surface area contributed by atoms with Crippen LogP contribution in [0.5, 0.6) is 11.5 Å². The normalized spacial score (nSPS) is 10.8. The molecule has 0 aromatic carbocycles. The first-order valence-electron chi connectivity index (χ1n) is 9.57. The minimum atomic E-state index is -0.184. The van der Waals surface area contributed by atoms with Crippen molar-refractivity contribution in [2.45, 2.75) is 84.0 Å². The highest BCUT2D eigenvalue weighted by Crippen LogP contribution is 2.26. The Balaban J connectivity index is 2.19. The van der Waals surface area contributed by atoms with E-state index in [9.17, 15) is 4.79 Å². The molecule has 4 nitrogen and oxygen atoms in total. The van der Waals surface area contributed by atoms with Crippen LogP contribution in [0.15, 0.2) is 11.0 Å². The molecule has 1 aromatic rings. The SMILES string of the molecule is CCCCCCCCCCCCCc1c(OC)c[nH]c(=O)c1OC. The summed E-state index contributed by atoms with van der Waals surface area (Å²) in [5, 5.41) is 0. The Hall–Kier alpha value is -1.45. The van der Waals surface area contributed by atoms with E-state index in [0.717, 1.165) is 18.4 Å². The van der Waals surface area contributed by atoms with Crippen LogP contribution >= 0.6 is 0 Å². The van der Waals surface area contributed by atoms with Gasteiger partial charge in [0.05, 0.1) is 14.2 Å². The van der Waals surface area contributed by atoms with E-state index in [1.807, 2.05) is 0 Å². The molecule has 1 rings (SSSR count). The molecular weight excluding hydrogens is 302 g/mol. The highest BCUT2D eigenvalue weighted by molar-refractivity contribution is 5.41. The molecule has 0 saturated carbocycles. The minimum Gasteiger partial charge on any atom is -0.495 e. The van der Waals surface area contributed by atoms with E-state index in [1.54, 1.807) is 13.3 Å². The van der Waals surface area contributed by atoms with Gasteiger partial charge in [-0.2, -0.15) is 0 Å². The predicted octanol–water partition coefficient (Wildman–Crippen LogP) is 5.25. The van der Waals surface area contributed by atoms with E-state index in [0.29, 0.717) is 11.5 Å². The number of ether oxygens (including phenoxy) is 2. The number of H-pyrrole nitrogens is 1. The highest BCUT2D eigenvalue weighted by Gasteiger charge is 2.13. The van der Waals surface area contributed by atoms with Crippen LogP contribution < -0.4 is 15.0 Å². The summed E-state index contributed by atoms with van der Waals surface area (Å²) in [7, 11) is 3.16. The Kier molecular flexibility index (Phi) is 11.1. The van der Waals surface area contributed by atoms with Crippen LogP contribution in [-0.4, -0.2) is 19.2 Å². The molecule has 0 aliphatic rings. The number of hydrogen-bond acceptors (Lipinski definition) is 3. The van der Waals surface area contributed by atoms with Gasteiger partial charge in [-0.3, -0.25) is 4.79 Å². The number of unbranched alkanes of at least 4 members (excludes halogenated alkanes) is 10. The van der Waals surface area contributed by atoms with Gasteiger partial charge in [0.2, 0.25) is 0 Å². The third kappa shape index (κ3) is 7.41. The Labute approximate surface area is 147 Å². The number of aromatic nitrogens is 1. The molecule has 1 N–H and O–H groups in total. The van der Waals surface area contributed by atoms with Crippen molar-refractivity contribution in [3.63, 3.8) is 0 Å². The lowest BCUT2D eigenvalue weighted by Crippen LogP contribution is -2.12. The van der Waals surface area contributed by atoms with Gasteiger partial charge in [-0.25, -0.2) is 0 Å². The quantitative estimate of drug-likeness (QED) is 0.472. The fourth-order valence-electron chi connectivity index (χ4n) is 3.13. The molecule has 0 unspecified atom stereocenters. The minimum absolute atomic E-state index is 0.184. The van der Waals surface area contributed by atoms with Crippen molar-refractivity contribution in [2.75, 3.05) is 14.2 Å². The molecule has 138 valence electrons. The van der Waals surface area contributed by atoms with Gasteiger partial charge in [-0.05, 0) is 12.8 Å². The summed E-state index contributed by atoms with van der Waals surface area (Å²) in [5.74, 6) is 1.10. The molecular formula is C20H35NO3. The van der Waals surface area contributed by atoms with Crippen molar-refractivity contribution in [1.82, 2.24) is 4.98 Å². The molecule has 24 heavy (non-hydrogen) atoms. The molecule has 0 atom stereocenters. The van der Waals surface area contributed by atoms with E-state index in [1.165, 1.54) is 71.3 Å². The summed E-state index contributed by atoms with van der Waals surface area (Å²) in [5.41, 5.74) is 0.705. The molecule has 0 aliphatic heterocycles. The lowest BCUT2D eigenvalue weighted by atomic mass is 10.0. The molecule has 1 aromatic heterocycles. The zero-order valence-electron chi connectivity index (χ0n) is 15.8. The van der Waals surface area contributed by atoms with E-state index >= 15 is 0 Å². The molecule has 1 heterocycles. The van der Waals surface area contributed by atoms with E-state index in [4.69, 9.17) is 9.47 Å². The fourth-order valence-corrected chi connectivity index (χ4v) is 3.13. The molecule has 0 aliphatic carbocycles. The van der Waals surface area contributed by atoms with Crippen LogP contribution in [0.25, 0.3) is 0 Å². The maximum absolute atomic E-state index is 11.8. The Morgan fingerprint density at radius 1 is 0.833 bits per heavy atom. The Morgan fingerprint density at radius 2 is 1.38 bits per heavy atom. The molecule has 4 heteroatoms. The maximum atomic E-state index is 11.8. The van der Waals surface area contributed by atoms with Gasteiger partial charge in [0.25, 0.3) is 5.56 Å². The van der Waals surface area contributed by atoms with Gasteiger partial charge >= 0.3 is 0 Å². The summed E-state index contributed by atoms with van der Waals surface area (Å²) >= 11 is 0. The van der Waals surface area contributed by atoms with Crippen LogP contribution in [0.1, 0.15) is 83.1 Å². The van der Waals surface area contributed by atoms with Gasteiger partial charge in [0.15, 0.2) is 5.75 Å². The standard InChI is InChI=1S/C20H35NO3/c1-4-5-6-7-8-9-10-11-12-13-14-15-17-18(23-2)16-21-20(22)19(17)24-3/h16H,4-15H2,1-3H3,(H,21,22). The second-order valence-electron chi connectivity index (χ2n) is 6.48. The van der Waals surface area contributed by atoms with E-state index in [-0.39, 0.29) is 5.56 Å². The molecule has 0 spiro atoms. The van der Waals surface area contributed by atoms with Crippen molar-refractivity contribution in [3.8, 4) is 11.5 Å². The number of hydrogen-bond donors (Lipinski definition) is 1. The lowest BCUT2D eigenvalue weighted by Gasteiger charge is -2.11. The van der Waals surface area contributed by atoms with Crippen LogP contribution in [0, 0.1) is 0 Å². The van der Waals surface area contributed by atoms with E-state index < -0.39 is 0 Å². The number of aromatic amines is 1. The van der Waals surface area contributed by atoms with Crippen molar-refractivity contribution < 1.29 is 9.47 Å². The van der Waals surface area contributed by atoms with Crippen LogP contribution in [-0.2, 0) is 6.42 Å². The van der Waals surface area contributed by atoms with Gasteiger partial charge in [0, 0.05) is 11.8 Å². The Morgan fingerprint density at radius 3 is 1.88 bits per heavy atom. The lowest BCUT2D eigenvalue weighted by molar-refractivity contribution is 0.377. The maximum Gasteiger partial charge on any atom is 0.290 e. The average molecular weight is 338 g/mol. The number of nitrogens with one attached hydrogen (secondary N) is 1. The third-order valence-electron chi connectivity index (χ3n) is 4.57. The van der Waals surface area contributed by atoms with Crippen LogP contribution in [0.2, 0.25) is 0 Å². The van der Waals surface area contributed by atoms with Crippen LogP contribution in [0.3, 0.4) is 0 Å². The predicted molar refractivity (Wildman–Crippen MR) is 100 cm³/mol. The topological polar surface area (TPSA) is 51.3 Å². The van der Waals surface area contributed by atoms with E-state index in [2.05, 4.69) is 11.9 Å². The third-order valence-corrected chi connectivity index (χ3v) is 4.57. The zero-order valence-corrected chi connectivity index (χ0v) is 15.8. The van der Waals surface area contributed by atoms with Crippen molar-refractivity contribution >= 4 is 0 Å². The molecule has 0 saturated heterocycles. The summed E-state index contributed by atoms with van der Waals surface area (Å²) < 4.78 is 10.6. The van der Waals surface area contributed by atoms with Crippen LogP contribution in [0.4, 0.5) is 0 Å². The summed E-state index contributed by atoms with van der Waals surface area (Å²) in [6.45, 7) is 2.26. The Bertz CT molecular complexity index is 496. The highest BCUT2D eigenvalue weighted by atomic mass is 16.5. The second kappa shape index (κ2) is 12.9. The monoisotopic (exact) mass is 337 g/mol. The number of methoxy groups -OCH3 is 2. The van der Waals surface area contributed by atoms with Crippen molar-refractivity contribution in [1.29, 1.82) is 0 Å². The first-order chi connectivity index (χ1) is 11.7. The second-order valence-corrected chi connectivity index (χ2v) is 6.48. The zero-order chi connectivity index (χ0) is 17.6. The molecule has 0 amide bonds. The van der Waals surface area contributed by atoms with Gasteiger partial charge in [-0.15, -0.1) is 0 Å². The smallest absolute Gasteiger partial charge is 0.290 e. The molecule has 0 fully saturated rings. The summed E-state index contributed by atoms with van der Waals surface area (Å²) in [4.78, 5) is 14.5. The summed E-state index contributed by atoms with van der Waals surface area (Å²) in [6, 6.07) is 0. The van der Waals surface area contributed by atoms with Crippen molar-refractivity contribution in [3.05, 3.63) is 22.1 Å². The van der Waals surface area contributed by atoms with Gasteiger partial charge < -0.3 is 14.5 Å². The molecule has 0 bridgehead atoms. The van der Waals surface area contributed by atoms with Gasteiger partial charge in [-0.1, -0.05) is 71.1 Å². The number of rotatable bonds is 14. The first-order valence-corrected chi connectivity index (χ1v) is 9.57. The fraction of sp³-hybridized carbons (Fsp3) is 0.750. The summed E-state index contributed by atoms with van der Waals surface area (Å²) in [6.07, 6.45) is 16.9. The molecule has 0 radical (unpaired) electrons.